The van der Waals surface area contributed by atoms with E-state index in [-0.39, 0.29) is 24.6 Å². The van der Waals surface area contributed by atoms with Gasteiger partial charge in [-0.05, 0) is 19.8 Å². The fourth-order valence-corrected chi connectivity index (χ4v) is 2.92. The molecule has 2 unspecified atom stereocenters. The highest BCUT2D eigenvalue weighted by Crippen LogP contribution is 2.12. The minimum Gasteiger partial charge on any atom is -0.396 e. The van der Waals surface area contributed by atoms with Gasteiger partial charge in [-0.1, -0.05) is 6.92 Å². The molecule has 0 aromatic heterocycles. The van der Waals surface area contributed by atoms with Gasteiger partial charge in [0, 0.05) is 37.2 Å². The number of thioether (sulfide) groups is 1. The van der Waals surface area contributed by atoms with Crippen molar-refractivity contribution in [2.45, 2.75) is 38.8 Å². The third-order valence-electron chi connectivity index (χ3n) is 3.29. The van der Waals surface area contributed by atoms with E-state index < -0.39 is 0 Å². The molecule has 1 heterocycles. The first-order valence-electron chi connectivity index (χ1n) is 6.42. The van der Waals surface area contributed by atoms with Crippen LogP contribution < -0.4 is 5.32 Å². The zero-order valence-corrected chi connectivity index (χ0v) is 11.6. The number of hydrogen-bond acceptors (Lipinski definition) is 4. The maximum absolute atomic E-state index is 12.0. The summed E-state index contributed by atoms with van der Waals surface area (Å²) in [5.74, 6) is 2.33. The minimum absolute atomic E-state index is 0.0522. The summed E-state index contributed by atoms with van der Waals surface area (Å²) in [4.78, 5) is 14.3. The lowest BCUT2D eigenvalue weighted by molar-refractivity contribution is -0.126. The molecule has 0 radical (unpaired) electrons. The molecule has 2 N–H and O–H groups in total. The Morgan fingerprint density at radius 1 is 1.47 bits per heavy atom. The van der Waals surface area contributed by atoms with E-state index in [0.29, 0.717) is 6.42 Å². The lowest BCUT2D eigenvalue weighted by Crippen LogP contribution is -2.50. The van der Waals surface area contributed by atoms with Gasteiger partial charge in [-0.15, -0.1) is 0 Å². The molecule has 2 atom stereocenters. The maximum atomic E-state index is 12.0. The second-order valence-electron chi connectivity index (χ2n) is 4.45. The van der Waals surface area contributed by atoms with Crippen molar-refractivity contribution in [3.8, 4) is 0 Å². The highest BCUT2D eigenvalue weighted by Gasteiger charge is 2.24. The number of aliphatic hydroxyl groups excluding tert-OH is 1. The molecule has 0 aliphatic carbocycles. The Hall–Kier alpha value is -0.260. The molecule has 17 heavy (non-hydrogen) atoms. The van der Waals surface area contributed by atoms with Gasteiger partial charge in [0.25, 0.3) is 0 Å². The number of nitrogens with one attached hydrogen (secondary N) is 1. The molecule has 5 heteroatoms. The first-order chi connectivity index (χ1) is 8.19. The Morgan fingerprint density at radius 2 is 2.12 bits per heavy atom. The molecule has 1 amide bonds. The number of carbonyl (C=O) groups excluding carboxylic acids is 1. The molecule has 4 nitrogen and oxygen atoms in total. The van der Waals surface area contributed by atoms with E-state index in [0.717, 1.165) is 31.0 Å². The lowest BCUT2D eigenvalue weighted by Gasteiger charge is -2.32. The summed E-state index contributed by atoms with van der Waals surface area (Å²) in [6.45, 7) is 6.12. The monoisotopic (exact) mass is 260 g/mol. The molecule has 0 spiro atoms. The molecule has 1 aliphatic heterocycles. The van der Waals surface area contributed by atoms with Crippen molar-refractivity contribution < 1.29 is 9.90 Å². The fourth-order valence-electron chi connectivity index (χ4n) is 1.99. The van der Waals surface area contributed by atoms with Crippen LogP contribution in [0.2, 0.25) is 0 Å². The Labute approximate surface area is 108 Å². The van der Waals surface area contributed by atoms with Crippen molar-refractivity contribution in [1.29, 1.82) is 0 Å². The minimum atomic E-state index is -0.0522. The molecule has 1 aliphatic rings. The largest absolute Gasteiger partial charge is 0.396 e. The van der Waals surface area contributed by atoms with Crippen molar-refractivity contribution in [3.05, 3.63) is 0 Å². The molecule has 100 valence electrons. The van der Waals surface area contributed by atoms with Crippen molar-refractivity contribution >= 4 is 17.7 Å². The first-order valence-corrected chi connectivity index (χ1v) is 7.57. The summed E-state index contributed by atoms with van der Waals surface area (Å²) >= 11 is 1.95. The summed E-state index contributed by atoms with van der Waals surface area (Å²) in [7, 11) is 0. The van der Waals surface area contributed by atoms with E-state index in [4.69, 9.17) is 5.11 Å². The van der Waals surface area contributed by atoms with E-state index in [1.165, 1.54) is 0 Å². The second-order valence-corrected chi connectivity index (χ2v) is 5.68. The third-order valence-corrected chi connectivity index (χ3v) is 4.23. The van der Waals surface area contributed by atoms with Crippen LogP contribution in [0.25, 0.3) is 0 Å². The van der Waals surface area contributed by atoms with Crippen molar-refractivity contribution in [2.24, 2.45) is 0 Å². The number of nitrogens with zero attached hydrogens (tertiary/aromatic N) is 1. The van der Waals surface area contributed by atoms with E-state index >= 15 is 0 Å². The van der Waals surface area contributed by atoms with Gasteiger partial charge in [-0.25, -0.2) is 0 Å². The molecule has 1 rings (SSSR count). The number of hydrogen-bond donors (Lipinski definition) is 2. The fraction of sp³-hybridized carbons (Fsp3) is 0.917. The van der Waals surface area contributed by atoms with Crippen molar-refractivity contribution in [3.63, 3.8) is 0 Å². The summed E-state index contributed by atoms with van der Waals surface area (Å²) < 4.78 is 0. The van der Waals surface area contributed by atoms with Crippen LogP contribution in [0.1, 0.15) is 26.7 Å². The van der Waals surface area contributed by atoms with Crippen LogP contribution in [0.5, 0.6) is 0 Å². The molecule has 0 aromatic carbocycles. The summed E-state index contributed by atoms with van der Waals surface area (Å²) in [5.41, 5.74) is 0. The zero-order valence-electron chi connectivity index (χ0n) is 10.8. The molecule has 1 saturated heterocycles. The zero-order chi connectivity index (χ0) is 12.7. The molecule has 0 aromatic rings. The van der Waals surface area contributed by atoms with Crippen LogP contribution in [0.4, 0.5) is 0 Å². The smallest absolute Gasteiger partial charge is 0.237 e. The van der Waals surface area contributed by atoms with Crippen LogP contribution >= 0.6 is 11.8 Å². The van der Waals surface area contributed by atoms with Gasteiger partial charge in [-0.2, -0.15) is 11.8 Å². The number of amides is 1. The number of carbonyl (C=O) groups is 1. The standard InChI is InChI=1S/C12H24N2O2S/c1-3-11(4-7-15)13-12(16)10(2)14-5-8-17-9-6-14/h10-11,15H,3-9H2,1-2H3,(H,13,16). The Balaban J connectivity index is 2.39. The van der Waals surface area contributed by atoms with Gasteiger partial charge in [0.05, 0.1) is 6.04 Å². The Kier molecular flexibility index (Phi) is 6.92. The Morgan fingerprint density at radius 3 is 2.65 bits per heavy atom. The summed E-state index contributed by atoms with van der Waals surface area (Å²) in [6, 6.07) is 0.0535. The van der Waals surface area contributed by atoms with Crippen molar-refractivity contribution in [2.75, 3.05) is 31.2 Å². The summed E-state index contributed by atoms with van der Waals surface area (Å²) in [5, 5.41) is 11.9. The first kappa shape index (κ1) is 14.8. The van der Waals surface area contributed by atoms with Gasteiger partial charge in [0.2, 0.25) is 5.91 Å². The van der Waals surface area contributed by atoms with E-state index in [1.807, 2.05) is 25.6 Å². The molecular weight excluding hydrogens is 236 g/mol. The van der Waals surface area contributed by atoms with Gasteiger partial charge >= 0.3 is 0 Å². The predicted octanol–water partition coefficient (Wildman–Crippen LogP) is 0.701. The van der Waals surface area contributed by atoms with E-state index in [2.05, 4.69) is 10.2 Å². The van der Waals surface area contributed by atoms with E-state index in [1.54, 1.807) is 0 Å². The highest BCUT2D eigenvalue weighted by atomic mass is 32.2. The molecule has 1 fully saturated rings. The van der Waals surface area contributed by atoms with Crippen LogP contribution in [0, 0.1) is 0 Å². The van der Waals surface area contributed by atoms with Gasteiger partial charge < -0.3 is 10.4 Å². The number of aliphatic hydroxyl groups is 1. The molecule has 0 saturated carbocycles. The average molecular weight is 260 g/mol. The van der Waals surface area contributed by atoms with E-state index in [9.17, 15) is 4.79 Å². The van der Waals surface area contributed by atoms with Crippen LogP contribution in [-0.4, -0.2) is 59.2 Å². The average Bonchev–Trinajstić information content (AvgIpc) is 2.38. The number of rotatable bonds is 6. The SMILES string of the molecule is CCC(CCO)NC(=O)C(C)N1CCSCC1. The van der Waals surface area contributed by atoms with Gasteiger partial charge in [-0.3, -0.25) is 9.69 Å². The van der Waals surface area contributed by atoms with Crippen LogP contribution in [0.15, 0.2) is 0 Å². The molecular formula is C12H24N2O2S. The second kappa shape index (κ2) is 7.95. The quantitative estimate of drug-likeness (QED) is 0.738. The van der Waals surface area contributed by atoms with Crippen molar-refractivity contribution in [1.82, 2.24) is 10.2 Å². The van der Waals surface area contributed by atoms with Crippen LogP contribution in [-0.2, 0) is 4.79 Å². The molecule has 0 bridgehead atoms. The summed E-state index contributed by atoms with van der Waals surface area (Å²) in [6.07, 6.45) is 1.51. The maximum Gasteiger partial charge on any atom is 0.237 e. The highest BCUT2D eigenvalue weighted by molar-refractivity contribution is 7.99. The normalized spacial score (nSPS) is 20.9. The van der Waals surface area contributed by atoms with Gasteiger partial charge in [0.15, 0.2) is 0 Å². The Bertz CT molecular complexity index is 233. The van der Waals surface area contributed by atoms with Crippen LogP contribution in [0.3, 0.4) is 0 Å². The van der Waals surface area contributed by atoms with Gasteiger partial charge in [0.1, 0.15) is 0 Å². The third kappa shape index (κ3) is 4.85. The predicted molar refractivity (Wildman–Crippen MR) is 72.3 cm³/mol. The topological polar surface area (TPSA) is 52.6 Å². The lowest BCUT2D eigenvalue weighted by atomic mass is 10.1.